The van der Waals surface area contributed by atoms with Crippen molar-refractivity contribution in [2.75, 3.05) is 26.7 Å². The van der Waals surface area contributed by atoms with Gasteiger partial charge in [0.2, 0.25) is 5.78 Å². The van der Waals surface area contributed by atoms with Crippen molar-refractivity contribution in [3.8, 4) is 11.4 Å². The van der Waals surface area contributed by atoms with Gasteiger partial charge in [-0.2, -0.15) is 0 Å². The van der Waals surface area contributed by atoms with Crippen LogP contribution in [0.3, 0.4) is 0 Å². The van der Waals surface area contributed by atoms with E-state index in [1.165, 1.54) is 6.33 Å². The van der Waals surface area contributed by atoms with E-state index in [4.69, 9.17) is 0 Å². The van der Waals surface area contributed by atoms with Gasteiger partial charge in [0.05, 0.1) is 32.4 Å². The molecule has 0 saturated carbocycles. The third-order valence-electron chi connectivity index (χ3n) is 5.10. The first-order valence-electron chi connectivity index (χ1n) is 9.65. The molecule has 0 bridgehead atoms. The van der Waals surface area contributed by atoms with Gasteiger partial charge in [0.15, 0.2) is 0 Å². The molecule has 3 heterocycles. The molecular formula is C22H29N5OsP2+2. The number of nitrogens with zero attached hydrogens (tertiary/aromatic N) is 5. The van der Waals surface area contributed by atoms with Crippen molar-refractivity contribution >= 4 is 32.4 Å². The minimum absolute atomic E-state index is 0. The second kappa shape index (κ2) is 11.2. The summed E-state index contributed by atoms with van der Waals surface area (Å²) in [6.07, 6.45) is 6.91. The van der Waals surface area contributed by atoms with Crippen molar-refractivity contribution in [3.05, 3.63) is 66.0 Å². The van der Waals surface area contributed by atoms with Crippen LogP contribution in [-0.4, -0.2) is 51.0 Å². The average molecular weight is 616 g/mol. The van der Waals surface area contributed by atoms with E-state index in [1.54, 1.807) is 21.4 Å². The van der Waals surface area contributed by atoms with Crippen LogP contribution in [0.15, 0.2) is 66.0 Å². The molecule has 0 aliphatic heterocycles. The molecule has 1 aromatic carbocycles. The Kier molecular flexibility index (Phi) is 9.18. The van der Waals surface area contributed by atoms with Gasteiger partial charge in [-0.1, -0.05) is 24.3 Å². The van der Waals surface area contributed by atoms with Gasteiger partial charge < -0.3 is 0 Å². The maximum absolute atomic E-state index is 4.45. The summed E-state index contributed by atoms with van der Waals surface area (Å²) < 4.78 is 1.78. The molecule has 3 aromatic heterocycles. The zero-order chi connectivity index (χ0) is 21.0. The molecule has 0 spiro atoms. The molecule has 158 valence electrons. The molecule has 0 fully saturated rings. The summed E-state index contributed by atoms with van der Waals surface area (Å²) in [5.74, 6) is 0.625. The molecule has 0 aliphatic carbocycles. The number of aromatic nitrogens is 5. The van der Waals surface area contributed by atoms with E-state index in [0.29, 0.717) is 5.78 Å². The zero-order valence-corrected chi connectivity index (χ0v) is 22.8. The van der Waals surface area contributed by atoms with Gasteiger partial charge in [-0.15, -0.1) is 0 Å². The van der Waals surface area contributed by atoms with Crippen LogP contribution >= 0.6 is 15.8 Å². The van der Waals surface area contributed by atoms with E-state index in [2.05, 4.69) is 66.5 Å². The standard InChI is InChI=1S/C14H9N5.C8H18P2.Os/c1-2-4-11-6-16-12(5-10(11)3-1)13-7-19-9-15-8-17-14(19)18-13;1-7(9(3)4)8(2)10(5)6;/h1-9H;1-6H3;/p+2/b;8-7-;. The second-order valence-corrected chi connectivity index (χ2v) is 13.0. The largest absolute Gasteiger partial charge is 0.274 e. The summed E-state index contributed by atoms with van der Waals surface area (Å²) in [5.41, 5.74) is 1.63. The normalized spacial score (nSPS) is 11.9. The van der Waals surface area contributed by atoms with Gasteiger partial charge in [-0.25, -0.2) is 15.0 Å². The summed E-state index contributed by atoms with van der Waals surface area (Å²) in [4.78, 5) is 17.0. The number of imidazole rings is 1. The Bertz CT molecular complexity index is 1110. The van der Waals surface area contributed by atoms with E-state index in [-0.39, 0.29) is 35.6 Å². The van der Waals surface area contributed by atoms with Crippen LogP contribution in [0, 0.1) is 0 Å². The minimum Gasteiger partial charge on any atom is -0.274 e. The molecule has 0 saturated heterocycles. The molecule has 30 heavy (non-hydrogen) atoms. The molecule has 4 rings (SSSR count). The molecule has 5 nitrogen and oxygen atoms in total. The van der Waals surface area contributed by atoms with Crippen molar-refractivity contribution in [2.45, 2.75) is 13.8 Å². The monoisotopic (exact) mass is 617 g/mol. The molecule has 0 radical (unpaired) electrons. The molecule has 0 amide bonds. The Morgan fingerprint density at radius 1 is 0.867 bits per heavy atom. The molecule has 8 heteroatoms. The fraction of sp³-hybridized carbons (Fsp3) is 0.273. The van der Waals surface area contributed by atoms with E-state index in [0.717, 1.165) is 22.2 Å². The van der Waals surface area contributed by atoms with E-state index >= 15 is 0 Å². The van der Waals surface area contributed by atoms with Crippen molar-refractivity contribution < 1.29 is 19.8 Å². The Labute approximate surface area is 194 Å². The number of fused-ring (bicyclic) bond motifs is 2. The van der Waals surface area contributed by atoms with Gasteiger partial charge in [-0.3, -0.25) is 9.38 Å². The SMILES string of the molecule is C/C(=C(\C)[PH+](C)C)[PH+](C)C.[Os].c1ccc2cc(-c3cn4cncnc4n3)ncc2c1. The number of hydrogen-bond donors (Lipinski definition) is 0. The molecule has 0 atom stereocenters. The average Bonchev–Trinajstić information content (AvgIpc) is 3.17. The van der Waals surface area contributed by atoms with E-state index in [1.807, 2.05) is 36.7 Å². The molecule has 0 unspecified atom stereocenters. The topological polar surface area (TPSA) is 56.0 Å². The summed E-state index contributed by atoms with van der Waals surface area (Å²) in [7, 11) is -0.302. The minimum atomic E-state index is -0.151. The first-order valence-corrected chi connectivity index (χ1v) is 14.6. The van der Waals surface area contributed by atoms with Crippen LogP contribution in [0.25, 0.3) is 27.9 Å². The smallest absolute Gasteiger partial charge is 0.237 e. The maximum atomic E-state index is 4.45. The molecule has 0 aliphatic rings. The predicted molar refractivity (Wildman–Crippen MR) is 130 cm³/mol. The third kappa shape index (κ3) is 5.98. The number of rotatable bonds is 3. The number of hydrogen-bond acceptors (Lipinski definition) is 4. The van der Waals surface area contributed by atoms with E-state index < -0.39 is 0 Å². The Morgan fingerprint density at radius 3 is 2.10 bits per heavy atom. The maximum Gasteiger partial charge on any atom is 0.237 e. The van der Waals surface area contributed by atoms with Crippen LogP contribution in [-0.2, 0) is 19.8 Å². The number of allylic oxidation sites excluding steroid dienone is 2. The first kappa shape index (κ1) is 24.7. The van der Waals surface area contributed by atoms with Crippen LogP contribution in [0.2, 0.25) is 0 Å². The van der Waals surface area contributed by atoms with Crippen LogP contribution < -0.4 is 0 Å². The second-order valence-electron chi connectivity index (χ2n) is 7.51. The third-order valence-corrected chi connectivity index (χ3v) is 9.10. The van der Waals surface area contributed by atoms with Crippen LogP contribution in [0.1, 0.15) is 13.8 Å². The van der Waals surface area contributed by atoms with Crippen molar-refractivity contribution in [1.29, 1.82) is 0 Å². The van der Waals surface area contributed by atoms with Crippen LogP contribution in [0.4, 0.5) is 0 Å². The van der Waals surface area contributed by atoms with Gasteiger partial charge in [0.1, 0.15) is 29.0 Å². The summed E-state index contributed by atoms with van der Waals surface area (Å²) in [6.45, 7) is 14.1. The quantitative estimate of drug-likeness (QED) is 0.285. The first-order chi connectivity index (χ1) is 13.9. The van der Waals surface area contributed by atoms with E-state index in [9.17, 15) is 0 Å². The van der Waals surface area contributed by atoms with Crippen molar-refractivity contribution in [2.24, 2.45) is 0 Å². The number of pyridine rings is 1. The van der Waals surface area contributed by atoms with Crippen molar-refractivity contribution in [1.82, 2.24) is 24.3 Å². The Balaban J connectivity index is 0.000000253. The van der Waals surface area contributed by atoms with Crippen molar-refractivity contribution in [3.63, 3.8) is 0 Å². The predicted octanol–water partition coefficient (Wildman–Crippen LogP) is 5.52. The molecule has 4 aromatic rings. The summed E-state index contributed by atoms with van der Waals surface area (Å²) in [5, 5.41) is 5.67. The zero-order valence-electron chi connectivity index (χ0n) is 18.3. The van der Waals surface area contributed by atoms with Crippen LogP contribution in [0.5, 0.6) is 0 Å². The van der Waals surface area contributed by atoms with Gasteiger partial charge >= 0.3 is 0 Å². The molecular weight excluding hydrogens is 586 g/mol. The Morgan fingerprint density at radius 2 is 1.50 bits per heavy atom. The summed E-state index contributed by atoms with van der Waals surface area (Å²) in [6, 6.07) is 10.2. The number of benzene rings is 1. The van der Waals surface area contributed by atoms with Gasteiger partial charge in [0, 0.05) is 53.4 Å². The van der Waals surface area contributed by atoms with Gasteiger partial charge in [0.25, 0.3) is 0 Å². The molecule has 0 N–H and O–H groups in total. The fourth-order valence-corrected chi connectivity index (χ4v) is 5.85. The van der Waals surface area contributed by atoms with Gasteiger partial charge in [-0.05, 0) is 25.3 Å². The summed E-state index contributed by atoms with van der Waals surface area (Å²) >= 11 is 0. The fourth-order valence-electron chi connectivity index (χ4n) is 2.85. The Hall–Kier alpha value is -1.58.